The number of hydrogen-bond donors (Lipinski definition) is 1. The van der Waals surface area contributed by atoms with Gasteiger partial charge in [0.1, 0.15) is 0 Å². The van der Waals surface area contributed by atoms with Crippen molar-refractivity contribution in [1.82, 2.24) is 5.32 Å². The van der Waals surface area contributed by atoms with Crippen LogP contribution >= 0.6 is 23.5 Å². The summed E-state index contributed by atoms with van der Waals surface area (Å²) in [5, 5.41) is 2.59. The highest BCUT2D eigenvalue weighted by molar-refractivity contribution is 8.06. The van der Waals surface area contributed by atoms with E-state index in [1.165, 1.54) is 0 Å². The van der Waals surface area contributed by atoms with Crippen LogP contribution in [-0.4, -0.2) is 47.9 Å². The van der Waals surface area contributed by atoms with E-state index in [2.05, 4.69) is 10.1 Å². The quantitative estimate of drug-likeness (QED) is 0.856. The molecule has 1 atom stereocenters. The Morgan fingerprint density at radius 3 is 2.75 bits per heavy atom. The lowest BCUT2D eigenvalue weighted by Crippen LogP contribution is -2.35. The predicted molar refractivity (Wildman–Crippen MR) is 59.0 cm³/mol. The average molecular weight is 275 g/mol. The lowest BCUT2D eigenvalue weighted by molar-refractivity contribution is -0.160. The molecule has 1 fully saturated rings. The van der Waals surface area contributed by atoms with Crippen molar-refractivity contribution in [3.8, 4) is 0 Å². The summed E-state index contributed by atoms with van der Waals surface area (Å²) in [6.45, 7) is -1.18. The Balaban J connectivity index is 2.09. The van der Waals surface area contributed by atoms with Gasteiger partial charge in [-0.05, 0) is 0 Å². The highest BCUT2D eigenvalue weighted by Crippen LogP contribution is 2.23. The molecular formula is C8H12F3NO2S2. The Bertz CT molecular complexity index is 232. The van der Waals surface area contributed by atoms with Crippen LogP contribution in [0.2, 0.25) is 0 Å². The van der Waals surface area contributed by atoms with Crippen LogP contribution in [0.5, 0.6) is 0 Å². The maximum Gasteiger partial charge on any atom is 0.422 e. The van der Waals surface area contributed by atoms with Gasteiger partial charge in [0, 0.05) is 29.1 Å². The van der Waals surface area contributed by atoms with E-state index in [1.54, 1.807) is 23.5 Å². The van der Waals surface area contributed by atoms with Crippen molar-refractivity contribution in [3.63, 3.8) is 0 Å². The summed E-state index contributed by atoms with van der Waals surface area (Å²) >= 11 is 3.49. The van der Waals surface area contributed by atoms with E-state index in [9.17, 15) is 18.0 Å². The van der Waals surface area contributed by atoms with Crippen LogP contribution in [0.25, 0.3) is 0 Å². The fraction of sp³-hybridized carbons (Fsp3) is 0.875. The topological polar surface area (TPSA) is 38.3 Å². The Kier molecular flexibility index (Phi) is 5.60. The lowest BCUT2D eigenvalue weighted by atomic mass is 10.5. The molecule has 8 heteroatoms. The summed E-state index contributed by atoms with van der Waals surface area (Å²) in [6.07, 6.45) is -5.47. The minimum Gasteiger partial charge on any atom is -0.440 e. The molecule has 0 aromatic carbocycles. The van der Waals surface area contributed by atoms with Crippen molar-refractivity contribution in [1.29, 1.82) is 0 Å². The molecule has 0 radical (unpaired) electrons. The summed E-state index contributed by atoms with van der Waals surface area (Å²) in [5.41, 5.74) is 0. The Labute approximate surface area is 99.9 Å². The molecule has 0 aliphatic carbocycles. The number of carbonyl (C=O) groups excluding carboxylic acids is 1. The van der Waals surface area contributed by atoms with Crippen molar-refractivity contribution in [2.75, 3.05) is 30.4 Å². The van der Waals surface area contributed by atoms with Gasteiger partial charge in [0.2, 0.25) is 0 Å². The molecule has 3 nitrogen and oxygen atoms in total. The van der Waals surface area contributed by atoms with E-state index in [-0.39, 0.29) is 5.25 Å². The zero-order chi connectivity index (χ0) is 12.0. The minimum absolute atomic E-state index is 0.261. The fourth-order valence-electron chi connectivity index (χ4n) is 1.05. The average Bonchev–Trinajstić information content (AvgIpc) is 2.24. The third-order valence-electron chi connectivity index (χ3n) is 1.73. The summed E-state index contributed by atoms with van der Waals surface area (Å²) < 4.78 is 39.1. The van der Waals surface area contributed by atoms with Crippen molar-refractivity contribution in [2.24, 2.45) is 0 Å². The zero-order valence-electron chi connectivity index (χ0n) is 8.38. The van der Waals surface area contributed by atoms with Gasteiger partial charge in [0.05, 0.1) is 0 Å². The minimum atomic E-state index is -4.47. The molecule has 94 valence electrons. The molecule has 1 heterocycles. The van der Waals surface area contributed by atoms with Crippen LogP contribution in [0.1, 0.15) is 0 Å². The van der Waals surface area contributed by atoms with Crippen molar-refractivity contribution < 1.29 is 22.7 Å². The number of rotatable bonds is 3. The number of ether oxygens (including phenoxy) is 1. The lowest BCUT2D eigenvalue weighted by Gasteiger charge is -2.20. The van der Waals surface area contributed by atoms with Crippen molar-refractivity contribution in [2.45, 2.75) is 11.4 Å². The first kappa shape index (κ1) is 13.8. The summed E-state index contributed by atoms with van der Waals surface area (Å²) in [7, 11) is 0. The highest BCUT2D eigenvalue weighted by Gasteiger charge is 2.29. The second-order valence-corrected chi connectivity index (χ2v) is 5.70. The van der Waals surface area contributed by atoms with E-state index in [4.69, 9.17) is 0 Å². The largest absolute Gasteiger partial charge is 0.440 e. The van der Waals surface area contributed by atoms with E-state index in [1.807, 2.05) is 0 Å². The molecule has 1 aliphatic rings. The molecule has 1 rings (SSSR count). The molecule has 1 amide bonds. The molecule has 1 unspecified atom stereocenters. The molecule has 16 heavy (non-hydrogen) atoms. The summed E-state index contributed by atoms with van der Waals surface area (Å²) in [6, 6.07) is 0. The smallest absolute Gasteiger partial charge is 0.422 e. The second kappa shape index (κ2) is 6.48. The van der Waals surface area contributed by atoms with E-state index < -0.39 is 18.9 Å². The standard InChI is InChI=1S/C8H12F3NO2S2/c9-8(10,11)5-14-7(13)12-3-6-4-15-1-2-16-6/h6H,1-5H2,(H,12,13). The van der Waals surface area contributed by atoms with Gasteiger partial charge >= 0.3 is 12.3 Å². The van der Waals surface area contributed by atoms with Gasteiger partial charge < -0.3 is 10.1 Å². The zero-order valence-corrected chi connectivity index (χ0v) is 10.0. The maximum absolute atomic E-state index is 11.7. The van der Waals surface area contributed by atoms with Gasteiger partial charge in [0.25, 0.3) is 0 Å². The molecule has 1 saturated heterocycles. The number of amides is 1. The van der Waals surface area contributed by atoms with Crippen LogP contribution < -0.4 is 5.32 Å². The second-order valence-electron chi connectivity index (χ2n) is 3.14. The van der Waals surface area contributed by atoms with Crippen LogP contribution in [0.15, 0.2) is 0 Å². The Morgan fingerprint density at radius 1 is 1.44 bits per heavy atom. The van der Waals surface area contributed by atoms with Crippen molar-refractivity contribution in [3.05, 3.63) is 0 Å². The fourth-order valence-corrected chi connectivity index (χ4v) is 3.66. The summed E-state index contributed by atoms with van der Waals surface area (Å²) in [5.74, 6) is 3.00. The molecule has 1 aliphatic heterocycles. The number of nitrogens with one attached hydrogen (secondary N) is 1. The van der Waals surface area contributed by atoms with Gasteiger partial charge in [-0.25, -0.2) is 4.79 Å². The number of alkyl halides is 3. The number of carbonyl (C=O) groups is 1. The van der Waals surface area contributed by atoms with Crippen LogP contribution in [-0.2, 0) is 4.74 Å². The first-order valence-corrected chi connectivity index (χ1v) is 6.84. The number of thioether (sulfide) groups is 2. The van der Waals surface area contributed by atoms with Gasteiger partial charge in [0.15, 0.2) is 6.61 Å². The predicted octanol–water partition coefficient (Wildman–Crippen LogP) is 2.12. The number of alkyl carbamates (subject to hydrolysis) is 1. The molecule has 1 N–H and O–H groups in total. The molecule has 0 aromatic heterocycles. The van der Waals surface area contributed by atoms with Gasteiger partial charge in [-0.1, -0.05) is 0 Å². The molecule has 0 spiro atoms. The third kappa shape index (κ3) is 6.37. The highest BCUT2D eigenvalue weighted by atomic mass is 32.2. The van der Waals surface area contributed by atoms with E-state index in [0.717, 1.165) is 17.3 Å². The van der Waals surface area contributed by atoms with E-state index >= 15 is 0 Å². The number of halogens is 3. The number of hydrogen-bond acceptors (Lipinski definition) is 4. The van der Waals surface area contributed by atoms with E-state index in [0.29, 0.717) is 6.54 Å². The SMILES string of the molecule is O=C(NCC1CSCCS1)OCC(F)(F)F. The third-order valence-corrected chi connectivity index (χ3v) is 4.57. The van der Waals surface area contributed by atoms with Crippen LogP contribution in [0, 0.1) is 0 Å². The van der Waals surface area contributed by atoms with Gasteiger partial charge in [-0.3, -0.25) is 0 Å². The molecule has 0 aromatic rings. The van der Waals surface area contributed by atoms with Gasteiger partial charge in [-0.2, -0.15) is 36.7 Å². The monoisotopic (exact) mass is 275 g/mol. The first-order valence-electron chi connectivity index (χ1n) is 4.64. The normalized spacial score (nSPS) is 21.6. The maximum atomic E-state index is 11.7. The van der Waals surface area contributed by atoms with Crippen molar-refractivity contribution >= 4 is 29.6 Å². The molecule has 0 bridgehead atoms. The Hall–Kier alpha value is -0.240. The van der Waals surface area contributed by atoms with Crippen LogP contribution in [0.3, 0.4) is 0 Å². The Morgan fingerprint density at radius 2 is 2.19 bits per heavy atom. The summed E-state index contributed by atoms with van der Waals surface area (Å²) in [4.78, 5) is 10.9. The first-order chi connectivity index (χ1) is 7.47. The van der Waals surface area contributed by atoms with Crippen LogP contribution in [0.4, 0.5) is 18.0 Å². The molecular weight excluding hydrogens is 263 g/mol. The van der Waals surface area contributed by atoms with Gasteiger partial charge in [-0.15, -0.1) is 0 Å². The molecule has 0 saturated carbocycles.